The van der Waals surface area contributed by atoms with Crippen molar-refractivity contribution in [3.05, 3.63) is 35.4 Å². The first-order valence-electron chi connectivity index (χ1n) is 6.65. The van der Waals surface area contributed by atoms with Gasteiger partial charge in [-0.15, -0.1) is 0 Å². The molecule has 1 atom stereocenters. The van der Waals surface area contributed by atoms with Gasteiger partial charge in [-0.1, -0.05) is 24.3 Å². The second kappa shape index (κ2) is 6.01. The van der Waals surface area contributed by atoms with Crippen LogP contribution in [0.3, 0.4) is 0 Å². The van der Waals surface area contributed by atoms with E-state index in [1.54, 1.807) is 6.92 Å². The molecule has 18 heavy (non-hydrogen) atoms. The lowest BCUT2D eigenvalue weighted by Gasteiger charge is -2.15. The average Bonchev–Trinajstić information content (AvgIpc) is 3.20. The van der Waals surface area contributed by atoms with Crippen LogP contribution in [0.1, 0.15) is 55.8 Å². The third-order valence-corrected chi connectivity index (χ3v) is 3.30. The highest BCUT2D eigenvalue weighted by molar-refractivity contribution is 5.69. The third-order valence-electron chi connectivity index (χ3n) is 3.30. The van der Waals surface area contributed by atoms with Crippen molar-refractivity contribution >= 4 is 5.97 Å². The lowest BCUT2D eigenvalue weighted by atomic mass is 9.96. The Hall–Kier alpha value is -1.35. The van der Waals surface area contributed by atoms with Crippen LogP contribution < -0.4 is 0 Å². The zero-order valence-corrected chi connectivity index (χ0v) is 10.8. The van der Waals surface area contributed by atoms with Crippen molar-refractivity contribution in [1.29, 1.82) is 0 Å². The fourth-order valence-corrected chi connectivity index (χ4v) is 2.22. The van der Waals surface area contributed by atoms with Gasteiger partial charge in [0, 0.05) is 6.42 Å². The highest BCUT2D eigenvalue weighted by Gasteiger charge is 2.27. The third kappa shape index (κ3) is 3.33. The molecule has 1 aliphatic rings. The van der Waals surface area contributed by atoms with E-state index in [1.807, 2.05) is 18.2 Å². The highest BCUT2D eigenvalue weighted by atomic mass is 16.5. The predicted molar refractivity (Wildman–Crippen MR) is 69.2 cm³/mol. The van der Waals surface area contributed by atoms with E-state index in [0.717, 1.165) is 5.56 Å². The monoisotopic (exact) mass is 248 g/mol. The maximum Gasteiger partial charge on any atom is 0.305 e. The molecule has 0 heterocycles. The number of aliphatic hydroxyl groups is 1. The first-order chi connectivity index (χ1) is 8.72. The largest absolute Gasteiger partial charge is 0.466 e. The Morgan fingerprint density at radius 2 is 2.17 bits per heavy atom. The Bertz CT molecular complexity index is 410. The van der Waals surface area contributed by atoms with Crippen molar-refractivity contribution < 1.29 is 14.6 Å². The first kappa shape index (κ1) is 13.1. The van der Waals surface area contributed by atoms with Crippen LogP contribution in [0.5, 0.6) is 0 Å². The molecule has 98 valence electrons. The molecule has 0 amide bonds. The molecule has 3 nitrogen and oxygen atoms in total. The summed E-state index contributed by atoms with van der Waals surface area (Å²) >= 11 is 0. The summed E-state index contributed by atoms with van der Waals surface area (Å²) in [6.07, 6.45) is 2.56. The number of hydrogen-bond acceptors (Lipinski definition) is 3. The molecule has 0 radical (unpaired) electrons. The number of rotatable bonds is 6. The summed E-state index contributed by atoms with van der Waals surface area (Å²) in [6, 6.07) is 7.99. The molecule has 0 saturated heterocycles. The summed E-state index contributed by atoms with van der Waals surface area (Å²) in [4.78, 5) is 11.3. The van der Waals surface area contributed by atoms with Gasteiger partial charge in [0.15, 0.2) is 0 Å². The molecule has 0 aliphatic heterocycles. The van der Waals surface area contributed by atoms with E-state index in [1.165, 1.54) is 18.4 Å². The number of carbonyl (C=O) groups excluding carboxylic acids is 1. The van der Waals surface area contributed by atoms with Crippen molar-refractivity contribution in [3.63, 3.8) is 0 Å². The smallest absolute Gasteiger partial charge is 0.305 e. The molecular formula is C15H20O3. The lowest BCUT2D eigenvalue weighted by molar-refractivity contribution is -0.143. The van der Waals surface area contributed by atoms with Gasteiger partial charge in [0.2, 0.25) is 0 Å². The quantitative estimate of drug-likeness (QED) is 0.787. The van der Waals surface area contributed by atoms with Gasteiger partial charge in [0.1, 0.15) is 0 Å². The Labute approximate surface area is 108 Å². The Morgan fingerprint density at radius 1 is 1.44 bits per heavy atom. The number of esters is 1. The van der Waals surface area contributed by atoms with Crippen LogP contribution in [0.15, 0.2) is 24.3 Å². The van der Waals surface area contributed by atoms with Crippen molar-refractivity contribution in [1.82, 2.24) is 0 Å². The van der Waals surface area contributed by atoms with Gasteiger partial charge in [0.05, 0.1) is 12.7 Å². The van der Waals surface area contributed by atoms with E-state index in [2.05, 4.69) is 6.07 Å². The highest BCUT2D eigenvalue weighted by Crippen LogP contribution is 2.43. The fraction of sp³-hybridized carbons (Fsp3) is 0.533. The number of hydrogen-bond donors (Lipinski definition) is 1. The van der Waals surface area contributed by atoms with Crippen LogP contribution >= 0.6 is 0 Å². The molecule has 3 heteroatoms. The summed E-state index contributed by atoms with van der Waals surface area (Å²) in [5.74, 6) is 0.374. The predicted octanol–water partition coefficient (Wildman–Crippen LogP) is 2.94. The van der Waals surface area contributed by atoms with Gasteiger partial charge >= 0.3 is 5.97 Å². The minimum atomic E-state index is -0.564. The molecule has 1 saturated carbocycles. The SMILES string of the molecule is CCOC(=O)CCC(O)c1ccccc1C1CC1. The summed E-state index contributed by atoms with van der Waals surface area (Å²) in [7, 11) is 0. The summed E-state index contributed by atoms with van der Waals surface area (Å²) < 4.78 is 4.87. The van der Waals surface area contributed by atoms with E-state index < -0.39 is 6.10 Å². The van der Waals surface area contributed by atoms with E-state index in [9.17, 15) is 9.90 Å². The van der Waals surface area contributed by atoms with E-state index in [0.29, 0.717) is 18.9 Å². The normalized spacial score (nSPS) is 16.3. The van der Waals surface area contributed by atoms with Gasteiger partial charge in [0.25, 0.3) is 0 Å². The zero-order valence-electron chi connectivity index (χ0n) is 10.8. The molecule has 1 fully saturated rings. The zero-order chi connectivity index (χ0) is 13.0. The number of ether oxygens (including phenoxy) is 1. The van der Waals surface area contributed by atoms with Gasteiger partial charge < -0.3 is 9.84 Å². The van der Waals surface area contributed by atoms with Crippen LogP contribution in [0.25, 0.3) is 0 Å². The molecule has 0 spiro atoms. The topological polar surface area (TPSA) is 46.5 Å². The molecule has 2 rings (SSSR count). The Morgan fingerprint density at radius 3 is 2.83 bits per heavy atom. The Kier molecular flexibility index (Phi) is 4.37. The van der Waals surface area contributed by atoms with Crippen LogP contribution in [-0.4, -0.2) is 17.7 Å². The average molecular weight is 248 g/mol. The van der Waals surface area contributed by atoms with Crippen molar-refractivity contribution in [2.45, 2.75) is 44.6 Å². The van der Waals surface area contributed by atoms with E-state index in [-0.39, 0.29) is 12.4 Å². The molecular weight excluding hydrogens is 228 g/mol. The van der Waals surface area contributed by atoms with Gasteiger partial charge in [-0.2, -0.15) is 0 Å². The van der Waals surface area contributed by atoms with Gasteiger partial charge in [-0.25, -0.2) is 0 Å². The van der Waals surface area contributed by atoms with Crippen LogP contribution in [0.2, 0.25) is 0 Å². The van der Waals surface area contributed by atoms with Crippen LogP contribution in [0, 0.1) is 0 Å². The number of benzene rings is 1. The number of carbonyl (C=O) groups is 1. The second-order valence-corrected chi connectivity index (χ2v) is 4.76. The lowest BCUT2D eigenvalue weighted by Crippen LogP contribution is -2.08. The van der Waals surface area contributed by atoms with E-state index >= 15 is 0 Å². The molecule has 1 unspecified atom stereocenters. The summed E-state index contributed by atoms with van der Waals surface area (Å²) in [6.45, 7) is 2.18. The van der Waals surface area contributed by atoms with Gasteiger partial charge in [-0.3, -0.25) is 4.79 Å². The summed E-state index contributed by atoms with van der Waals surface area (Å²) in [5.41, 5.74) is 2.22. The molecule has 0 aromatic heterocycles. The summed E-state index contributed by atoms with van der Waals surface area (Å²) in [5, 5.41) is 10.2. The fourth-order valence-electron chi connectivity index (χ4n) is 2.22. The Balaban J connectivity index is 1.96. The maximum atomic E-state index is 11.3. The molecule has 1 aliphatic carbocycles. The molecule has 1 aromatic carbocycles. The molecule has 1 N–H and O–H groups in total. The van der Waals surface area contributed by atoms with Crippen LogP contribution in [-0.2, 0) is 9.53 Å². The maximum absolute atomic E-state index is 11.3. The minimum Gasteiger partial charge on any atom is -0.466 e. The second-order valence-electron chi connectivity index (χ2n) is 4.76. The van der Waals surface area contributed by atoms with Crippen molar-refractivity contribution in [2.24, 2.45) is 0 Å². The van der Waals surface area contributed by atoms with Crippen LogP contribution in [0.4, 0.5) is 0 Å². The molecule has 0 bridgehead atoms. The number of aliphatic hydroxyl groups excluding tert-OH is 1. The molecule has 1 aromatic rings. The van der Waals surface area contributed by atoms with Crippen molar-refractivity contribution in [3.8, 4) is 0 Å². The van der Waals surface area contributed by atoms with Gasteiger partial charge in [-0.05, 0) is 43.2 Å². The van der Waals surface area contributed by atoms with Crippen molar-refractivity contribution in [2.75, 3.05) is 6.61 Å². The van der Waals surface area contributed by atoms with E-state index in [4.69, 9.17) is 4.74 Å². The first-order valence-corrected chi connectivity index (χ1v) is 6.65. The standard InChI is InChI=1S/C15H20O3/c1-2-18-15(17)10-9-14(16)13-6-4-3-5-12(13)11-7-8-11/h3-6,11,14,16H,2,7-10H2,1H3. The minimum absolute atomic E-state index is 0.236.